The van der Waals surface area contributed by atoms with Crippen molar-refractivity contribution in [3.63, 3.8) is 0 Å². The lowest BCUT2D eigenvalue weighted by Gasteiger charge is -2.13. The molecule has 2 nitrogen and oxygen atoms in total. The van der Waals surface area contributed by atoms with Gasteiger partial charge in [0.05, 0.1) is 6.04 Å². The van der Waals surface area contributed by atoms with Gasteiger partial charge >= 0.3 is 0 Å². The molecule has 0 aromatic rings. The first-order valence-corrected chi connectivity index (χ1v) is 4.89. The number of nitrogens with two attached hydrogens (primary N) is 1. The Hall–Kier alpha value is -0.370. The number of hydrogen-bond donors (Lipinski definition) is 1. The van der Waals surface area contributed by atoms with E-state index < -0.39 is 0 Å². The number of ketones is 1. The number of carbonyl (C=O) groups excluding carboxylic acids is 1. The van der Waals surface area contributed by atoms with Crippen LogP contribution in [0.25, 0.3) is 0 Å². The van der Waals surface area contributed by atoms with Crippen LogP contribution >= 0.6 is 0 Å². The fourth-order valence-electron chi connectivity index (χ4n) is 1.29. The van der Waals surface area contributed by atoms with E-state index in [4.69, 9.17) is 5.73 Å². The summed E-state index contributed by atoms with van der Waals surface area (Å²) in [5.74, 6) is 1.38. The molecule has 0 aromatic heterocycles. The topological polar surface area (TPSA) is 43.1 Å². The van der Waals surface area contributed by atoms with Crippen molar-refractivity contribution in [1.82, 2.24) is 0 Å². The summed E-state index contributed by atoms with van der Waals surface area (Å²) in [6.45, 7) is 4.00. The van der Waals surface area contributed by atoms with Gasteiger partial charge in [-0.1, -0.05) is 26.7 Å². The molecule has 70 valence electrons. The van der Waals surface area contributed by atoms with E-state index in [1.165, 1.54) is 12.8 Å². The Bertz CT molecular complexity index is 161. The minimum atomic E-state index is -0.233. The van der Waals surface area contributed by atoms with Crippen LogP contribution in [0.5, 0.6) is 0 Å². The van der Waals surface area contributed by atoms with Gasteiger partial charge in [0.15, 0.2) is 0 Å². The van der Waals surface area contributed by atoms with E-state index in [-0.39, 0.29) is 17.7 Å². The molecule has 1 fully saturated rings. The Labute approximate surface area is 74.5 Å². The van der Waals surface area contributed by atoms with E-state index >= 15 is 0 Å². The van der Waals surface area contributed by atoms with E-state index in [2.05, 4.69) is 0 Å². The van der Waals surface area contributed by atoms with Gasteiger partial charge in [0.2, 0.25) is 0 Å². The van der Waals surface area contributed by atoms with Crippen LogP contribution in [-0.2, 0) is 4.79 Å². The highest BCUT2D eigenvalue weighted by molar-refractivity contribution is 5.83. The molecule has 0 saturated heterocycles. The highest BCUT2D eigenvalue weighted by atomic mass is 16.1. The maximum absolute atomic E-state index is 11.4. The van der Waals surface area contributed by atoms with Crippen LogP contribution in [-0.4, -0.2) is 11.8 Å². The van der Waals surface area contributed by atoms with Gasteiger partial charge < -0.3 is 5.73 Å². The fraction of sp³-hybridized carbons (Fsp3) is 0.900. The van der Waals surface area contributed by atoms with Crippen LogP contribution in [0.15, 0.2) is 0 Å². The predicted octanol–water partition coefficient (Wildman–Crippen LogP) is 1.73. The molecular formula is C10H19NO. The average molecular weight is 169 g/mol. The average Bonchev–Trinajstić information content (AvgIpc) is 2.81. The summed E-state index contributed by atoms with van der Waals surface area (Å²) in [6.07, 6.45) is 4.41. The lowest BCUT2D eigenvalue weighted by Crippen LogP contribution is -2.35. The molecule has 1 rings (SSSR count). The molecule has 0 spiro atoms. The second kappa shape index (κ2) is 4.04. The van der Waals surface area contributed by atoms with Gasteiger partial charge in [0.1, 0.15) is 5.78 Å². The Morgan fingerprint density at radius 1 is 1.50 bits per heavy atom. The van der Waals surface area contributed by atoms with Crippen molar-refractivity contribution in [2.24, 2.45) is 17.6 Å². The molecule has 2 heteroatoms. The number of carbonyl (C=O) groups is 1. The molecule has 1 saturated carbocycles. The molecule has 0 bridgehead atoms. The lowest BCUT2D eigenvalue weighted by atomic mass is 9.97. The summed E-state index contributed by atoms with van der Waals surface area (Å²) >= 11 is 0. The van der Waals surface area contributed by atoms with Crippen molar-refractivity contribution < 1.29 is 4.79 Å². The summed E-state index contributed by atoms with van der Waals surface area (Å²) in [4.78, 5) is 11.4. The zero-order valence-electron chi connectivity index (χ0n) is 8.05. The zero-order chi connectivity index (χ0) is 9.14. The molecule has 1 aliphatic rings. The highest BCUT2D eigenvalue weighted by Gasteiger charge is 2.24. The van der Waals surface area contributed by atoms with E-state index in [1.54, 1.807) is 0 Å². The van der Waals surface area contributed by atoms with Crippen molar-refractivity contribution in [2.75, 3.05) is 0 Å². The third-order valence-electron chi connectivity index (χ3n) is 2.59. The Morgan fingerprint density at radius 2 is 2.08 bits per heavy atom. The third-order valence-corrected chi connectivity index (χ3v) is 2.59. The number of Topliss-reactive ketones (excluding diaryl/α,β-unsaturated/α-hetero) is 1. The molecule has 0 aromatic carbocycles. The van der Waals surface area contributed by atoms with Gasteiger partial charge in [-0.3, -0.25) is 4.79 Å². The molecule has 12 heavy (non-hydrogen) atoms. The summed E-state index contributed by atoms with van der Waals surface area (Å²) in [5.41, 5.74) is 5.72. The van der Waals surface area contributed by atoms with Crippen LogP contribution in [0.2, 0.25) is 0 Å². The molecule has 0 radical (unpaired) electrons. The number of hydrogen-bond acceptors (Lipinski definition) is 2. The standard InChI is InChI=1S/C10H19NO/c1-7(2)10(11)9(12)6-5-8-3-4-8/h7-8,10H,3-6,11H2,1-2H3/t10-/m1/s1. The van der Waals surface area contributed by atoms with Crippen LogP contribution in [0.3, 0.4) is 0 Å². The monoisotopic (exact) mass is 169 g/mol. The van der Waals surface area contributed by atoms with E-state index in [1.807, 2.05) is 13.8 Å². The van der Waals surface area contributed by atoms with Gasteiger partial charge in [-0.25, -0.2) is 0 Å². The molecule has 0 aliphatic heterocycles. The van der Waals surface area contributed by atoms with Crippen molar-refractivity contribution in [2.45, 2.75) is 45.6 Å². The third kappa shape index (κ3) is 2.94. The van der Waals surface area contributed by atoms with Gasteiger partial charge in [0.25, 0.3) is 0 Å². The van der Waals surface area contributed by atoms with Crippen LogP contribution in [0.4, 0.5) is 0 Å². The molecule has 0 heterocycles. The van der Waals surface area contributed by atoms with Gasteiger partial charge in [0, 0.05) is 6.42 Å². The predicted molar refractivity (Wildman–Crippen MR) is 49.8 cm³/mol. The van der Waals surface area contributed by atoms with E-state index in [9.17, 15) is 4.79 Å². The Morgan fingerprint density at radius 3 is 2.50 bits per heavy atom. The van der Waals surface area contributed by atoms with Crippen LogP contribution in [0.1, 0.15) is 39.5 Å². The zero-order valence-corrected chi connectivity index (χ0v) is 8.05. The highest BCUT2D eigenvalue weighted by Crippen LogP contribution is 2.33. The van der Waals surface area contributed by atoms with E-state index in [0.29, 0.717) is 6.42 Å². The van der Waals surface area contributed by atoms with E-state index in [0.717, 1.165) is 12.3 Å². The van der Waals surface area contributed by atoms with Crippen molar-refractivity contribution >= 4 is 5.78 Å². The maximum Gasteiger partial charge on any atom is 0.149 e. The first-order valence-electron chi connectivity index (χ1n) is 4.89. The summed E-state index contributed by atoms with van der Waals surface area (Å²) in [5, 5.41) is 0. The summed E-state index contributed by atoms with van der Waals surface area (Å²) in [7, 11) is 0. The quantitative estimate of drug-likeness (QED) is 0.681. The van der Waals surface area contributed by atoms with Crippen molar-refractivity contribution in [3.8, 4) is 0 Å². The normalized spacial score (nSPS) is 19.7. The van der Waals surface area contributed by atoms with Crippen molar-refractivity contribution in [1.29, 1.82) is 0 Å². The molecule has 0 unspecified atom stereocenters. The molecule has 1 atom stereocenters. The fourth-order valence-corrected chi connectivity index (χ4v) is 1.29. The smallest absolute Gasteiger partial charge is 0.149 e. The Kier molecular flexibility index (Phi) is 3.27. The minimum Gasteiger partial charge on any atom is -0.321 e. The second-order valence-electron chi connectivity index (χ2n) is 4.22. The van der Waals surface area contributed by atoms with Gasteiger partial charge in [-0.05, 0) is 18.3 Å². The molecule has 1 aliphatic carbocycles. The van der Waals surface area contributed by atoms with Crippen LogP contribution in [0, 0.1) is 11.8 Å². The first-order chi connectivity index (χ1) is 5.61. The largest absolute Gasteiger partial charge is 0.321 e. The number of rotatable bonds is 5. The van der Waals surface area contributed by atoms with Crippen LogP contribution < -0.4 is 5.73 Å². The first kappa shape index (κ1) is 9.72. The minimum absolute atomic E-state index is 0.233. The molecular weight excluding hydrogens is 150 g/mol. The SMILES string of the molecule is CC(C)[C@@H](N)C(=O)CCC1CC1. The van der Waals surface area contributed by atoms with Gasteiger partial charge in [-0.2, -0.15) is 0 Å². The van der Waals surface area contributed by atoms with Crippen molar-refractivity contribution in [3.05, 3.63) is 0 Å². The second-order valence-corrected chi connectivity index (χ2v) is 4.22. The molecule has 2 N–H and O–H groups in total. The Balaban J connectivity index is 2.16. The summed E-state index contributed by atoms with van der Waals surface area (Å²) < 4.78 is 0. The molecule has 0 amide bonds. The maximum atomic E-state index is 11.4. The lowest BCUT2D eigenvalue weighted by molar-refractivity contribution is -0.121. The van der Waals surface area contributed by atoms with Gasteiger partial charge in [-0.15, -0.1) is 0 Å². The summed E-state index contributed by atoms with van der Waals surface area (Å²) in [6, 6.07) is -0.233.